The van der Waals surface area contributed by atoms with Crippen LogP contribution in [0.25, 0.3) is 0 Å². The summed E-state index contributed by atoms with van der Waals surface area (Å²) in [6, 6.07) is 7.89. The van der Waals surface area contributed by atoms with Crippen LogP contribution in [0.5, 0.6) is 0 Å². The van der Waals surface area contributed by atoms with Crippen LogP contribution in [0.1, 0.15) is 12.5 Å². The molecule has 0 aromatic heterocycles. The third-order valence-corrected chi connectivity index (χ3v) is 1.70. The maximum Gasteiger partial charge on any atom is 0.0409 e. The van der Waals surface area contributed by atoms with Gasteiger partial charge in [0.15, 0.2) is 0 Å². The summed E-state index contributed by atoms with van der Waals surface area (Å²) < 4.78 is 0. The van der Waals surface area contributed by atoms with Gasteiger partial charge in [-0.25, -0.2) is 0 Å². The van der Waals surface area contributed by atoms with Gasteiger partial charge in [0.1, 0.15) is 0 Å². The lowest BCUT2D eigenvalue weighted by atomic mass is 10.2. The van der Waals surface area contributed by atoms with Crippen molar-refractivity contribution in [2.45, 2.75) is 13.5 Å². The summed E-state index contributed by atoms with van der Waals surface area (Å²) in [4.78, 5) is 0. The highest BCUT2D eigenvalue weighted by Crippen LogP contribution is 2.09. The second-order valence-corrected chi connectivity index (χ2v) is 2.85. The molecule has 0 aliphatic heterocycles. The molecule has 0 aliphatic rings. The third-order valence-electron chi connectivity index (χ3n) is 1.47. The van der Waals surface area contributed by atoms with Crippen molar-refractivity contribution >= 4 is 24.0 Å². The summed E-state index contributed by atoms with van der Waals surface area (Å²) in [6.45, 7) is 3.98. The first-order valence-electron chi connectivity index (χ1n) is 3.78. The van der Waals surface area contributed by atoms with Crippen molar-refractivity contribution in [1.29, 1.82) is 0 Å². The van der Waals surface area contributed by atoms with Crippen molar-refractivity contribution in [3.05, 3.63) is 34.9 Å². The molecule has 0 spiro atoms. The van der Waals surface area contributed by atoms with Crippen molar-refractivity contribution < 1.29 is 0 Å². The van der Waals surface area contributed by atoms with Crippen LogP contribution in [0, 0.1) is 0 Å². The highest BCUT2D eigenvalue weighted by molar-refractivity contribution is 6.30. The van der Waals surface area contributed by atoms with E-state index in [0.717, 1.165) is 18.1 Å². The quantitative estimate of drug-likeness (QED) is 0.801. The smallest absolute Gasteiger partial charge is 0.0409 e. The van der Waals surface area contributed by atoms with Gasteiger partial charge in [-0.15, -0.1) is 12.4 Å². The van der Waals surface area contributed by atoms with Crippen LogP contribution in [-0.4, -0.2) is 6.54 Å². The van der Waals surface area contributed by atoms with Gasteiger partial charge in [-0.05, 0) is 24.2 Å². The Morgan fingerprint density at radius 3 is 2.75 bits per heavy atom. The van der Waals surface area contributed by atoms with Crippen LogP contribution in [0.4, 0.5) is 0 Å². The summed E-state index contributed by atoms with van der Waals surface area (Å²) >= 11 is 5.80. The molecule has 0 saturated carbocycles. The molecule has 1 aromatic rings. The average Bonchev–Trinajstić information content (AvgIpc) is 2.01. The summed E-state index contributed by atoms with van der Waals surface area (Å²) in [5.41, 5.74) is 1.24. The van der Waals surface area contributed by atoms with Crippen LogP contribution in [0.3, 0.4) is 0 Å². The van der Waals surface area contributed by atoms with Gasteiger partial charge in [-0.3, -0.25) is 0 Å². The maximum absolute atomic E-state index is 5.80. The van der Waals surface area contributed by atoms with Gasteiger partial charge >= 0.3 is 0 Å². The molecule has 0 fully saturated rings. The van der Waals surface area contributed by atoms with Crippen LogP contribution in [-0.2, 0) is 6.54 Å². The predicted octanol–water partition coefficient (Wildman–Crippen LogP) is 2.87. The van der Waals surface area contributed by atoms with Gasteiger partial charge in [-0.2, -0.15) is 0 Å². The molecule has 1 aromatic carbocycles. The monoisotopic (exact) mass is 205 g/mol. The van der Waals surface area contributed by atoms with Gasteiger partial charge in [0.05, 0.1) is 0 Å². The minimum atomic E-state index is 0. The van der Waals surface area contributed by atoms with Crippen LogP contribution in [0.15, 0.2) is 24.3 Å². The molecule has 0 amide bonds. The Morgan fingerprint density at radius 2 is 2.17 bits per heavy atom. The molecular formula is C9H13Cl2N. The van der Waals surface area contributed by atoms with E-state index in [0.29, 0.717) is 0 Å². The Balaban J connectivity index is 0.00000121. The molecule has 0 aliphatic carbocycles. The van der Waals surface area contributed by atoms with Crippen LogP contribution >= 0.6 is 24.0 Å². The number of benzene rings is 1. The van der Waals surface area contributed by atoms with E-state index in [1.807, 2.05) is 18.2 Å². The molecular weight excluding hydrogens is 193 g/mol. The topological polar surface area (TPSA) is 12.0 Å². The Hall–Kier alpha value is -0.240. The fraction of sp³-hybridized carbons (Fsp3) is 0.333. The van der Waals surface area contributed by atoms with Crippen molar-refractivity contribution in [3.8, 4) is 0 Å². The lowest BCUT2D eigenvalue weighted by Gasteiger charge is -2.01. The number of nitrogens with one attached hydrogen (secondary N) is 1. The normalized spacial score (nSPS) is 9.17. The minimum absolute atomic E-state index is 0. The van der Waals surface area contributed by atoms with E-state index in [1.165, 1.54) is 5.56 Å². The summed E-state index contributed by atoms with van der Waals surface area (Å²) in [5, 5.41) is 4.04. The molecule has 1 N–H and O–H groups in total. The van der Waals surface area contributed by atoms with E-state index in [1.54, 1.807) is 0 Å². The Kier molecular flexibility index (Phi) is 6.17. The fourth-order valence-electron chi connectivity index (χ4n) is 0.916. The SMILES string of the molecule is CCNCc1cccc(Cl)c1.Cl. The van der Waals surface area contributed by atoms with Gasteiger partial charge in [0.2, 0.25) is 0 Å². The molecule has 0 heterocycles. The second-order valence-electron chi connectivity index (χ2n) is 2.41. The molecule has 12 heavy (non-hydrogen) atoms. The van der Waals surface area contributed by atoms with E-state index >= 15 is 0 Å². The fourth-order valence-corrected chi connectivity index (χ4v) is 1.13. The van der Waals surface area contributed by atoms with E-state index in [2.05, 4.69) is 18.3 Å². The number of hydrogen-bond donors (Lipinski definition) is 1. The molecule has 1 nitrogen and oxygen atoms in total. The first kappa shape index (κ1) is 11.8. The number of halogens is 2. The van der Waals surface area contributed by atoms with Gasteiger partial charge < -0.3 is 5.32 Å². The molecule has 0 bridgehead atoms. The zero-order valence-corrected chi connectivity index (χ0v) is 8.58. The number of rotatable bonds is 3. The zero-order valence-electron chi connectivity index (χ0n) is 7.01. The summed E-state index contributed by atoms with van der Waals surface area (Å²) in [5.74, 6) is 0. The molecule has 68 valence electrons. The van der Waals surface area contributed by atoms with E-state index in [-0.39, 0.29) is 12.4 Å². The lowest BCUT2D eigenvalue weighted by molar-refractivity contribution is 0.727. The molecule has 0 saturated heterocycles. The van der Waals surface area contributed by atoms with E-state index in [4.69, 9.17) is 11.6 Å². The second kappa shape index (κ2) is 6.30. The first-order chi connectivity index (χ1) is 5.33. The van der Waals surface area contributed by atoms with Crippen molar-refractivity contribution in [3.63, 3.8) is 0 Å². The Morgan fingerprint density at radius 1 is 1.42 bits per heavy atom. The van der Waals surface area contributed by atoms with Gasteiger partial charge in [0, 0.05) is 11.6 Å². The zero-order chi connectivity index (χ0) is 8.10. The van der Waals surface area contributed by atoms with E-state index < -0.39 is 0 Å². The number of hydrogen-bond acceptors (Lipinski definition) is 1. The van der Waals surface area contributed by atoms with Crippen molar-refractivity contribution in [2.75, 3.05) is 6.54 Å². The molecule has 0 radical (unpaired) electrons. The van der Waals surface area contributed by atoms with Crippen molar-refractivity contribution in [2.24, 2.45) is 0 Å². The Bertz CT molecular complexity index is 226. The minimum Gasteiger partial charge on any atom is -0.313 e. The van der Waals surface area contributed by atoms with Crippen LogP contribution in [0.2, 0.25) is 5.02 Å². The molecule has 0 unspecified atom stereocenters. The first-order valence-corrected chi connectivity index (χ1v) is 4.16. The molecule has 3 heteroatoms. The highest BCUT2D eigenvalue weighted by Gasteiger charge is 1.91. The molecule has 0 atom stereocenters. The highest BCUT2D eigenvalue weighted by atomic mass is 35.5. The predicted molar refractivity (Wildman–Crippen MR) is 56.1 cm³/mol. The average molecular weight is 206 g/mol. The molecule has 1 rings (SSSR count). The van der Waals surface area contributed by atoms with Crippen molar-refractivity contribution in [1.82, 2.24) is 5.32 Å². The van der Waals surface area contributed by atoms with Gasteiger partial charge in [-0.1, -0.05) is 30.7 Å². The summed E-state index contributed by atoms with van der Waals surface area (Å²) in [6.07, 6.45) is 0. The summed E-state index contributed by atoms with van der Waals surface area (Å²) in [7, 11) is 0. The standard InChI is InChI=1S/C9H12ClN.ClH/c1-2-11-7-8-4-3-5-9(10)6-8;/h3-6,11H,2,7H2,1H3;1H. The largest absolute Gasteiger partial charge is 0.313 e. The van der Waals surface area contributed by atoms with E-state index in [9.17, 15) is 0 Å². The van der Waals surface area contributed by atoms with Gasteiger partial charge in [0.25, 0.3) is 0 Å². The van der Waals surface area contributed by atoms with Crippen LogP contribution < -0.4 is 5.32 Å². The Labute approximate surface area is 84.5 Å². The lowest BCUT2D eigenvalue weighted by Crippen LogP contribution is -2.11. The third kappa shape index (κ3) is 3.96. The maximum atomic E-state index is 5.80.